The van der Waals surface area contributed by atoms with Crippen LogP contribution in [0, 0.1) is 0 Å². The predicted molar refractivity (Wildman–Crippen MR) is 77.0 cm³/mol. The lowest BCUT2D eigenvalue weighted by molar-refractivity contribution is 0.415. The van der Waals surface area contributed by atoms with E-state index in [2.05, 4.69) is 9.97 Å². The van der Waals surface area contributed by atoms with Crippen molar-refractivity contribution in [3.8, 4) is 0 Å². The van der Waals surface area contributed by atoms with E-state index in [1.54, 1.807) is 18.3 Å². The van der Waals surface area contributed by atoms with Crippen molar-refractivity contribution in [1.29, 1.82) is 0 Å². The van der Waals surface area contributed by atoms with E-state index in [0.717, 1.165) is 24.0 Å². The number of halogens is 1. The molecule has 1 N–H and O–H groups in total. The minimum absolute atomic E-state index is 0.140. The molecule has 0 saturated heterocycles. The number of aromatic amines is 1. The normalized spacial score (nSPS) is 19.6. The highest BCUT2D eigenvalue weighted by Gasteiger charge is 2.23. The lowest BCUT2D eigenvalue weighted by atomic mass is 9.81. The van der Waals surface area contributed by atoms with Gasteiger partial charge in [0.15, 0.2) is 0 Å². The Labute approximate surface area is 116 Å². The molecule has 0 amide bonds. The number of nitrogens with one attached hydrogen (secondary N) is 1. The van der Waals surface area contributed by atoms with E-state index in [1.165, 1.54) is 12.5 Å². The molecule has 2 aliphatic rings. The van der Waals surface area contributed by atoms with Crippen LogP contribution in [0.2, 0.25) is 0 Å². The molecular weight excluding hydrogens is 255 g/mol. The van der Waals surface area contributed by atoms with E-state index in [9.17, 15) is 9.18 Å². The number of rotatable bonds is 2. The smallest absolute Gasteiger partial charge is 0.254 e. The molecule has 0 unspecified atom stereocenters. The molecule has 0 aliphatic heterocycles. The number of allylic oxidation sites excluding steroid dienone is 6. The van der Waals surface area contributed by atoms with Gasteiger partial charge in [0, 0.05) is 11.8 Å². The molecule has 0 aromatic carbocycles. The van der Waals surface area contributed by atoms with Gasteiger partial charge in [-0.25, -0.2) is 9.37 Å². The summed E-state index contributed by atoms with van der Waals surface area (Å²) < 4.78 is 14.0. The molecule has 3 rings (SSSR count). The van der Waals surface area contributed by atoms with E-state index < -0.39 is 0 Å². The van der Waals surface area contributed by atoms with Gasteiger partial charge in [0.25, 0.3) is 5.56 Å². The average molecular weight is 272 g/mol. The lowest BCUT2D eigenvalue weighted by Gasteiger charge is -2.24. The van der Waals surface area contributed by atoms with E-state index in [-0.39, 0.29) is 11.4 Å². The summed E-state index contributed by atoms with van der Waals surface area (Å²) in [5.41, 5.74) is 1.98. The summed E-state index contributed by atoms with van der Waals surface area (Å²) in [4.78, 5) is 19.1. The Morgan fingerprint density at radius 2 is 2.20 bits per heavy atom. The fraction of sp³-hybridized carbons (Fsp3) is 0.375. The number of hydrogen-bond donors (Lipinski definition) is 1. The van der Waals surface area contributed by atoms with Crippen LogP contribution < -0.4 is 5.56 Å². The Morgan fingerprint density at radius 3 is 2.85 bits per heavy atom. The lowest BCUT2D eigenvalue weighted by Crippen LogP contribution is -2.22. The van der Waals surface area contributed by atoms with Crippen LogP contribution in [0.4, 0.5) is 4.39 Å². The molecule has 1 aromatic rings. The number of aromatic nitrogens is 2. The average Bonchev–Trinajstić information content (AvgIpc) is 2.51. The summed E-state index contributed by atoms with van der Waals surface area (Å²) in [5.74, 6) is 0.272. The summed E-state index contributed by atoms with van der Waals surface area (Å²) in [5, 5.41) is 0. The van der Waals surface area contributed by atoms with Crippen molar-refractivity contribution in [3.05, 3.63) is 57.6 Å². The van der Waals surface area contributed by atoms with Crippen LogP contribution in [0.3, 0.4) is 0 Å². The molecular formula is C16H17FN2O. The van der Waals surface area contributed by atoms with Gasteiger partial charge in [-0.1, -0.05) is 18.1 Å². The fourth-order valence-corrected chi connectivity index (χ4v) is 2.55. The fourth-order valence-electron chi connectivity index (χ4n) is 2.55. The Hall–Kier alpha value is -1.97. The molecule has 0 atom stereocenters. The third-order valence-electron chi connectivity index (χ3n) is 3.98. The highest BCUT2D eigenvalue weighted by atomic mass is 19.1. The molecule has 4 heteroatoms. The summed E-state index contributed by atoms with van der Waals surface area (Å²) >= 11 is 0. The predicted octanol–water partition coefficient (Wildman–Crippen LogP) is 3.62. The third-order valence-corrected chi connectivity index (χ3v) is 3.98. The van der Waals surface area contributed by atoms with Crippen molar-refractivity contribution in [2.75, 3.05) is 0 Å². The molecule has 104 valence electrons. The highest BCUT2D eigenvalue weighted by molar-refractivity contribution is 5.74. The zero-order valence-corrected chi connectivity index (χ0v) is 11.4. The van der Waals surface area contributed by atoms with Crippen LogP contribution in [0.15, 0.2) is 40.6 Å². The van der Waals surface area contributed by atoms with Crippen molar-refractivity contribution >= 4 is 5.57 Å². The monoisotopic (exact) mass is 272 g/mol. The van der Waals surface area contributed by atoms with Crippen LogP contribution in [0.25, 0.3) is 5.57 Å². The minimum atomic E-state index is -0.360. The third kappa shape index (κ3) is 2.38. The maximum Gasteiger partial charge on any atom is 0.254 e. The van der Waals surface area contributed by atoms with Gasteiger partial charge in [0.2, 0.25) is 0 Å². The molecule has 3 nitrogen and oxygen atoms in total. The van der Waals surface area contributed by atoms with Crippen LogP contribution >= 0.6 is 0 Å². The maximum atomic E-state index is 14.0. The SMILES string of the molecule is CC1=CC(c2ncc(C3CCC3)c(=O)[nH]2)=C(F)C=CC1. The van der Waals surface area contributed by atoms with Crippen LogP contribution in [0.5, 0.6) is 0 Å². The standard InChI is InChI=1S/C16H17FN2O/c1-10-4-2-7-14(17)12(8-10)15-18-9-13(16(20)19-15)11-5-3-6-11/h2,7-9,11H,3-6H2,1H3,(H,18,19,20). The van der Waals surface area contributed by atoms with Crippen LogP contribution in [0.1, 0.15) is 49.9 Å². The first-order chi connectivity index (χ1) is 9.65. The minimum Gasteiger partial charge on any atom is -0.306 e. The molecule has 0 radical (unpaired) electrons. The van der Waals surface area contributed by atoms with Gasteiger partial charge in [-0.05, 0) is 44.3 Å². The van der Waals surface area contributed by atoms with Gasteiger partial charge in [0.1, 0.15) is 11.7 Å². The Balaban J connectivity index is 2.02. The molecule has 0 spiro atoms. The summed E-state index contributed by atoms with van der Waals surface area (Å²) in [6, 6.07) is 0. The van der Waals surface area contributed by atoms with Gasteiger partial charge in [-0.3, -0.25) is 4.79 Å². The molecule has 0 bridgehead atoms. The largest absolute Gasteiger partial charge is 0.306 e. The zero-order valence-electron chi connectivity index (χ0n) is 11.4. The molecule has 20 heavy (non-hydrogen) atoms. The van der Waals surface area contributed by atoms with Gasteiger partial charge in [0.05, 0.1) is 5.57 Å². The Bertz CT molecular complexity index is 678. The Kier molecular flexibility index (Phi) is 3.38. The van der Waals surface area contributed by atoms with E-state index in [1.807, 2.05) is 6.92 Å². The maximum absolute atomic E-state index is 14.0. The molecule has 1 heterocycles. The van der Waals surface area contributed by atoms with Gasteiger partial charge in [-0.15, -0.1) is 0 Å². The summed E-state index contributed by atoms with van der Waals surface area (Å²) in [6.45, 7) is 1.93. The van der Waals surface area contributed by atoms with Crippen LogP contribution in [-0.2, 0) is 0 Å². The summed E-state index contributed by atoms with van der Waals surface area (Å²) in [7, 11) is 0. The second-order valence-electron chi connectivity index (χ2n) is 5.50. The molecule has 2 aliphatic carbocycles. The van der Waals surface area contributed by atoms with E-state index in [4.69, 9.17) is 0 Å². The number of H-pyrrole nitrogens is 1. The van der Waals surface area contributed by atoms with Gasteiger partial charge in [-0.2, -0.15) is 0 Å². The zero-order chi connectivity index (χ0) is 14.1. The first kappa shape index (κ1) is 13.0. The Morgan fingerprint density at radius 1 is 1.40 bits per heavy atom. The topological polar surface area (TPSA) is 45.8 Å². The van der Waals surface area contributed by atoms with Crippen molar-refractivity contribution in [2.24, 2.45) is 0 Å². The van der Waals surface area contributed by atoms with E-state index >= 15 is 0 Å². The highest BCUT2D eigenvalue weighted by Crippen LogP contribution is 2.34. The van der Waals surface area contributed by atoms with Gasteiger partial charge >= 0.3 is 0 Å². The molecule has 1 saturated carbocycles. The quantitative estimate of drug-likeness (QED) is 0.893. The molecule has 1 aromatic heterocycles. The first-order valence-electron chi connectivity index (χ1n) is 6.98. The van der Waals surface area contributed by atoms with Gasteiger partial charge < -0.3 is 4.98 Å². The number of nitrogens with zero attached hydrogens (tertiary/aromatic N) is 1. The second kappa shape index (κ2) is 5.19. The summed E-state index contributed by atoms with van der Waals surface area (Å²) in [6.07, 6.45) is 10.5. The van der Waals surface area contributed by atoms with Crippen molar-refractivity contribution < 1.29 is 4.39 Å². The number of hydrogen-bond acceptors (Lipinski definition) is 2. The van der Waals surface area contributed by atoms with Crippen molar-refractivity contribution in [1.82, 2.24) is 9.97 Å². The van der Waals surface area contributed by atoms with Crippen molar-refractivity contribution in [3.63, 3.8) is 0 Å². The van der Waals surface area contributed by atoms with Crippen LogP contribution in [-0.4, -0.2) is 9.97 Å². The first-order valence-corrected chi connectivity index (χ1v) is 6.98. The van der Waals surface area contributed by atoms with E-state index in [0.29, 0.717) is 23.7 Å². The second-order valence-corrected chi connectivity index (χ2v) is 5.50. The molecule has 1 fully saturated rings. The van der Waals surface area contributed by atoms with Crippen molar-refractivity contribution in [2.45, 2.75) is 38.5 Å².